The van der Waals surface area contributed by atoms with Crippen LogP contribution < -0.4 is 10.6 Å². The number of benzene rings is 1. The highest BCUT2D eigenvalue weighted by atomic mass is 19.1. The maximum Gasteiger partial charge on any atom is 0.414 e. The van der Waals surface area contributed by atoms with E-state index in [0.717, 1.165) is 18.4 Å². The Morgan fingerprint density at radius 3 is 2.12 bits per heavy atom. The van der Waals surface area contributed by atoms with Crippen LogP contribution in [0.5, 0.6) is 0 Å². The van der Waals surface area contributed by atoms with Crippen molar-refractivity contribution < 1.29 is 29.0 Å². The normalized spacial score (nSPS) is 15.3. The average Bonchev–Trinajstić information content (AvgIpc) is 2.62. The zero-order chi connectivity index (χ0) is 19.5. The quantitative estimate of drug-likeness (QED) is 0.590. The van der Waals surface area contributed by atoms with Gasteiger partial charge < -0.3 is 20.8 Å². The van der Waals surface area contributed by atoms with Crippen molar-refractivity contribution in [2.45, 2.75) is 57.7 Å². The minimum Gasteiger partial charge on any atom is -0.473 e. The third-order valence-corrected chi connectivity index (χ3v) is 4.05. The van der Waals surface area contributed by atoms with Gasteiger partial charge in [0.2, 0.25) is 5.91 Å². The van der Waals surface area contributed by atoms with Crippen molar-refractivity contribution in [3.05, 3.63) is 35.6 Å². The summed E-state index contributed by atoms with van der Waals surface area (Å²) in [5.41, 5.74) is 0.976. The Morgan fingerprint density at radius 1 is 1.08 bits per heavy atom. The third kappa shape index (κ3) is 8.57. The summed E-state index contributed by atoms with van der Waals surface area (Å²) in [5.74, 6) is -3.83. The standard InChI is InChI=1S/C16H23FN2O.C2H2O4/c1-12(16(20)19-15-5-3-2-4-6-15)18-11-13-7-9-14(17)10-8-13;3-1(4)2(5)6/h7-10,12,15,18H,2-6,11H2,1H3,(H,19,20);(H,3,4)(H,5,6). The summed E-state index contributed by atoms with van der Waals surface area (Å²) in [7, 11) is 0. The fraction of sp³-hybridized carbons (Fsp3) is 0.500. The van der Waals surface area contributed by atoms with Gasteiger partial charge in [-0.25, -0.2) is 14.0 Å². The second-order valence-corrected chi connectivity index (χ2v) is 6.18. The molecule has 1 saturated carbocycles. The van der Waals surface area contributed by atoms with Crippen molar-refractivity contribution in [3.8, 4) is 0 Å². The van der Waals surface area contributed by atoms with Gasteiger partial charge in [-0.2, -0.15) is 0 Å². The van der Waals surface area contributed by atoms with E-state index in [9.17, 15) is 9.18 Å². The molecule has 0 bridgehead atoms. The van der Waals surface area contributed by atoms with Crippen LogP contribution in [0.3, 0.4) is 0 Å². The minimum absolute atomic E-state index is 0.0546. The Morgan fingerprint density at radius 2 is 1.62 bits per heavy atom. The molecular formula is C18H25FN2O5. The molecule has 7 nitrogen and oxygen atoms in total. The van der Waals surface area contributed by atoms with E-state index in [1.54, 1.807) is 12.1 Å². The highest BCUT2D eigenvalue weighted by Crippen LogP contribution is 2.17. The molecule has 8 heteroatoms. The van der Waals surface area contributed by atoms with E-state index in [4.69, 9.17) is 19.8 Å². The van der Waals surface area contributed by atoms with Crippen molar-refractivity contribution in [2.24, 2.45) is 0 Å². The highest BCUT2D eigenvalue weighted by molar-refractivity contribution is 6.27. The topological polar surface area (TPSA) is 116 Å². The number of aliphatic carboxylic acids is 2. The van der Waals surface area contributed by atoms with Crippen molar-refractivity contribution >= 4 is 17.8 Å². The molecule has 1 atom stereocenters. The van der Waals surface area contributed by atoms with E-state index in [2.05, 4.69) is 10.6 Å². The number of rotatable bonds is 5. The van der Waals surface area contributed by atoms with Crippen LogP contribution in [0.4, 0.5) is 4.39 Å². The Bertz CT molecular complexity index is 588. The molecule has 1 aromatic rings. The molecule has 144 valence electrons. The lowest BCUT2D eigenvalue weighted by molar-refractivity contribution is -0.159. The Kier molecular flexibility index (Phi) is 9.29. The number of halogens is 1. The number of nitrogens with one attached hydrogen (secondary N) is 2. The van der Waals surface area contributed by atoms with Gasteiger partial charge in [-0.3, -0.25) is 4.79 Å². The molecule has 0 radical (unpaired) electrons. The molecule has 4 N–H and O–H groups in total. The van der Waals surface area contributed by atoms with E-state index in [1.165, 1.54) is 31.4 Å². The van der Waals surface area contributed by atoms with Crippen LogP contribution in [-0.2, 0) is 20.9 Å². The largest absolute Gasteiger partial charge is 0.473 e. The first-order valence-electron chi connectivity index (χ1n) is 8.54. The SMILES string of the molecule is CC(NCc1ccc(F)cc1)C(=O)NC1CCCCC1.O=C(O)C(=O)O. The van der Waals surface area contributed by atoms with E-state index >= 15 is 0 Å². The van der Waals surface area contributed by atoms with Gasteiger partial charge in [-0.05, 0) is 37.5 Å². The maximum atomic E-state index is 12.8. The van der Waals surface area contributed by atoms with E-state index < -0.39 is 11.9 Å². The molecule has 0 saturated heterocycles. The van der Waals surface area contributed by atoms with Gasteiger partial charge in [0.15, 0.2) is 0 Å². The number of carboxylic acids is 2. The minimum atomic E-state index is -1.82. The van der Waals surface area contributed by atoms with Gasteiger partial charge in [-0.1, -0.05) is 31.4 Å². The molecule has 1 aromatic carbocycles. The van der Waals surface area contributed by atoms with Gasteiger partial charge in [0.05, 0.1) is 6.04 Å². The molecule has 0 spiro atoms. The Labute approximate surface area is 151 Å². The van der Waals surface area contributed by atoms with Crippen LogP contribution in [0.15, 0.2) is 24.3 Å². The maximum absolute atomic E-state index is 12.8. The summed E-state index contributed by atoms with van der Waals surface area (Å²) >= 11 is 0. The van der Waals surface area contributed by atoms with E-state index in [-0.39, 0.29) is 17.8 Å². The first kappa shape index (κ1) is 21.6. The summed E-state index contributed by atoms with van der Waals surface area (Å²) in [4.78, 5) is 30.3. The summed E-state index contributed by atoms with van der Waals surface area (Å²) in [5, 5.41) is 21.1. The van der Waals surface area contributed by atoms with Crippen molar-refractivity contribution in [1.82, 2.24) is 10.6 Å². The molecule has 0 aliphatic heterocycles. The summed E-state index contributed by atoms with van der Waals surface area (Å²) < 4.78 is 12.8. The zero-order valence-electron chi connectivity index (χ0n) is 14.7. The van der Waals surface area contributed by atoms with Crippen molar-refractivity contribution in [3.63, 3.8) is 0 Å². The fourth-order valence-electron chi connectivity index (χ4n) is 2.54. The van der Waals surface area contributed by atoms with Crippen LogP contribution in [0.1, 0.15) is 44.6 Å². The highest BCUT2D eigenvalue weighted by Gasteiger charge is 2.19. The third-order valence-electron chi connectivity index (χ3n) is 4.05. The first-order chi connectivity index (χ1) is 12.3. The molecular weight excluding hydrogens is 343 g/mol. The number of hydrogen-bond donors (Lipinski definition) is 4. The van der Waals surface area contributed by atoms with Crippen molar-refractivity contribution in [2.75, 3.05) is 0 Å². The van der Waals surface area contributed by atoms with Crippen LogP contribution >= 0.6 is 0 Å². The number of amides is 1. The van der Waals surface area contributed by atoms with Gasteiger partial charge >= 0.3 is 11.9 Å². The molecule has 1 unspecified atom stereocenters. The predicted molar refractivity (Wildman–Crippen MR) is 93.0 cm³/mol. The lowest BCUT2D eigenvalue weighted by Crippen LogP contribution is -2.46. The van der Waals surface area contributed by atoms with E-state index in [1.807, 2.05) is 6.92 Å². The lowest BCUT2D eigenvalue weighted by Gasteiger charge is -2.24. The molecule has 26 heavy (non-hydrogen) atoms. The van der Waals surface area contributed by atoms with Gasteiger partial charge in [-0.15, -0.1) is 0 Å². The van der Waals surface area contributed by atoms with Gasteiger partial charge in [0.1, 0.15) is 5.82 Å². The van der Waals surface area contributed by atoms with Crippen LogP contribution in [0.25, 0.3) is 0 Å². The van der Waals surface area contributed by atoms with Crippen LogP contribution in [-0.4, -0.2) is 40.1 Å². The van der Waals surface area contributed by atoms with Gasteiger partial charge in [0.25, 0.3) is 0 Å². The molecule has 1 amide bonds. The molecule has 1 aliphatic carbocycles. The molecule has 0 heterocycles. The Hall–Kier alpha value is -2.48. The second kappa shape index (κ2) is 11.2. The van der Waals surface area contributed by atoms with Crippen LogP contribution in [0.2, 0.25) is 0 Å². The molecule has 1 fully saturated rings. The van der Waals surface area contributed by atoms with E-state index in [0.29, 0.717) is 12.6 Å². The number of carboxylic acid groups (broad SMARTS) is 2. The molecule has 0 aromatic heterocycles. The average molecular weight is 368 g/mol. The first-order valence-corrected chi connectivity index (χ1v) is 8.54. The lowest BCUT2D eigenvalue weighted by atomic mass is 9.95. The summed E-state index contributed by atoms with van der Waals surface area (Å²) in [6.45, 7) is 2.43. The van der Waals surface area contributed by atoms with Crippen molar-refractivity contribution in [1.29, 1.82) is 0 Å². The number of hydrogen-bond acceptors (Lipinski definition) is 4. The number of carbonyl (C=O) groups is 3. The zero-order valence-corrected chi connectivity index (χ0v) is 14.7. The Balaban J connectivity index is 0.000000487. The monoisotopic (exact) mass is 368 g/mol. The molecule has 2 rings (SSSR count). The number of carbonyl (C=O) groups excluding carboxylic acids is 1. The smallest absolute Gasteiger partial charge is 0.414 e. The summed E-state index contributed by atoms with van der Waals surface area (Å²) in [6, 6.07) is 6.43. The predicted octanol–water partition coefficient (Wildman–Crippen LogP) is 1.91. The summed E-state index contributed by atoms with van der Waals surface area (Å²) in [6.07, 6.45) is 5.89. The van der Waals surface area contributed by atoms with Crippen LogP contribution in [0, 0.1) is 5.82 Å². The fourth-order valence-corrected chi connectivity index (χ4v) is 2.54. The molecule has 1 aliphatic rings. The second-order valence-electron chi connectivity index (χ2n) is 6.18. The van der Waals surface area contributed by atoms with Gasteiger partial charge in [0, 0.05) is 12.6 Å².